The first-order chi connectivity index (χ1) is 10.1. The zero-order valence-corrected chi connectivity index (χ0v) is 14.3. The van der Waals surface area contributed by atoms with E-state index in [2.05, 4.69) is 33.4 Å². The highest BCUT2D eigenvalue weighted by atomic mass is 79.9. The minimum Gasteiger partial charge on any atom is -0.345 e. The minimum absolute atomic E-state index is 0.0463. The molecule has 3 rings (SSSR count). The van der Waals surface area contributed by atoms with Crippen molar-refractivity contribution in [2.24, 2.45) is 0 Å². The lowest BCUT2D eigenvalue weighted by atomic mass is 10.0. The Balaban J connectivity index is 1.84. The summed E-state index contributed by atoms with van der Waals surface area (Å²) >= 11 is 11.3. The van der Waals surface area contributed by atoms with E-state index in [-0.39, 0.29) is 11.9 Å². The van der Waals surface area contributed by atoms with Gasteiger partial charge in [0.05, 0.1) is 16.6 Å². The van der Waals surface area contributed by atoms with Gasteiger partial charge in [-0.25, -0.2) is 0 Å². The van der Waals surface area contributed by atoms with E-state index in [4.69, 9.17) is 11.6 Å². The quantitative estimate of drug-likeness (QED) is 0.785. The Kier molecular flexibility index (Phi) is 4.57. The molecule has 0 bridgehead atoms. The highest BCUT2D eigenvalue weighted by molar-refractivity contribution is 9.10. The van der Waals surface area contributed by atoms with Crippen molar-refractivity contribution in [3.63, 3.8) is 0 Å². The molecule has 0 spiro atoms. The molecule has 1 amide bonds. The van der Waals surface area contributed by atoms with Crippen molar-refractivity contribution in [3.05, 3.63) is 63.1 Å². The fourth-order valence-electron chi connectivity index (χ4n) is 2.40. The molecule has 108 valence electrons. The lowest BCUT2D eigenvalue weighted by Gasteiger charge is -2.26. The largest absolute Gasteiger partial charge is 0.345 e. The maximum atomic E-state index is 12.5. The zero-order chi connectivity index (χ0) is 14.8. The van der Waals surface area contributed by atoms with Gasteiger partial charge in [-0.05, 0) is 36.2 Å². The van der Waals surface area contributed by atoms with Crippen LogP contribution in [0.5, 0.6) is 0 Å². The smallest absolute Gasteiger partial charge is 0.253 e. The second-order valence-electron chi connectivity index (χ2n) is 4.83. The van der Waals surface area contributed by atoms with Gasteiger partial charge in [-0.1, -0.05) is 45.7 Å². The summed E-state index contributed by atoms with van der Waals surface area (Å²) in [4.78, 5) is 13.7. The van der Waals surface area contributed by atoms with E-state index >= 15 is 0 Å². The molecule has 1 aliphatic heterocycles. The molecular formula is C16H13BrClNOS. The minimum atomic E-state index is -0.131. The Morgan fingerprint density at radius 1 is 1.29 bits per heavy atom. The number of halogens is 2. The fourth-order valence-corrected chi connectivity index (χ4v) is 4.09. The summed E-state index contributed by atoms with van der Waals surface area (Å²) in [5, 5.41) is 3.57. The molecule has 21 heavy (non-hydrogen) atoms. The molecule has 0 aromatic heterocycles. The first-order valence-electron chi connectivity index (χ1n) is 6.63. The van der Waals surface area contributed by atoms with E-state index in [1.54, 1.807) is 12.1 Å². The molecule has 0 saturated carbocycles. The van der Waals surface area contributed by atoms with Crippen LogP contribution >= 0.6 is 39.3 Å². The monoisotopic (exact) mass is 381 g/mol. The predicted octanol–water partition coefficient (Wildman–Crippen LogP) is 5.07. The molecule has 1 N–H and O–H groups in total. The number of fused-ring (bicyclic) bond motifs is 1. The molecule has 2 aromatic carbocycles. The Labute approximate surface area is 141 Å². The number of amides is 1. The van der Waals surface area contributed by atoms with Crippen LogP contribution in [0.25, 0.3) is 0 Å². The number of thioether (sulfide) groups is 1. The summed E-state index contributed by atoms with van der Waals surface area (Å²) in [6.45, 7) is 0. The van der Waals surface area contributed by atoms with Crippen molar-refractivity contribution in [2.45, 2.75) is 17.4 Å². The maximum absolute atomic E-state index is 12.5. The van der Waals surface area contributed by atoms with Gasteiger partial charge in [0.15, 0.2) is 0 Å². The Morgan fingerprint density at radius 3 is 2.95 bits per heavy atom. The van der Waals surface area contributed by atoms with Gasteiger partial charge < -0.3 is 5.32 Å². The van der Waals surface area contributed by atoms with Crippen LogP contribution in [0.15, 0.2) is 51.8 Å². The summed E-state index contributed by atoms with van der Waals surface area (Å²) in [5.74, 6) is 0.877. The fraction of sp³-hybridized carbons (Fsp3) is 0.188. The van der Waals surface area contributed by atoms with Crippen LogP contribution in [-0.2, 0) is 0 Å². The third kappa shape index (κ3) is 3.28. The van der Waals surface area contributed by atoms with E-state index in [0.717, 1.165) is 16.6 Å². The van der Waals surface area contributed by atoms with Crippen LogP contribution in [0, 0.1) is 0 Å². The number of rotatable bonds is 2. The summed E-state index contributed by atoms with van der Waals surface area (Å²) in [6.07, 6.45) is 0.930. The van der Waals surface area contributed by atoms with Crippen LogP contribution in [0.2, 0.25) is 5.02 Å². The highest BCUT2D eigenvalue weighted by Gasteiger charge is 2.23. The number of benzene rings is 2. The van der Waals surface area contributed by atoms with Gasteiger partial charge in [-0.15, -0.1) is 11.8 Å². The third-order valence-corrected chi connectivity index (χ3v) is 5.38. The van der Waals surface area contributed by atoms with Gasteiger partial charge in [0.1, 0.15) is 0 Å². The molecule has 1 aliphatic rings. The Bertz CT molecular complexity index is 692. The number of carbonyl (C=O) groups is 1. The van der Waals surface area contributed by atoms with E-state index in [0.29, 0.717) is 10.6 Å². The van der Waals surface area contributed by atoms with Crippen molar-refractivity contribution in [1.82, 2.24) is 5.32 Å². The van der Waals surface area contributed by atoms with Crippen molar-refractivity contribution in [1.29, 1.82) is 0 Å². The second kappa shape index (κ2) is 6.42. The molecule has 0 aliphatic carbocycles. The summed E-state index contributed by atoms with van der Waals surface area (Å²) in [6, 6.07) is 13.6. The van der Waals surface area contributed by atoms with Gasteiger partial charge in [0, 0.05) is 15.1 Å². The van der Waals surface area contributed by atoms with Gasteiger partial charge in [-0.2, -0.15) is 0 Å². The summed E-state index contributed by atoms with van der Waals surface area (Å²) < 4.78 is 0.844. The van der Waals surface area contributed by atoms with E-state index in [1.807, 2.05) is 30.0 Å². The number of hydrogen-bond donors (Lipinski definition) is 1. The van der Waals surface area contributed by atoms with Gasteiger partial charge >= 0.3 is 0 Å². The van der Waals surface area contributed by atoms with Crippen LogP contribution in [0.3, 0.4) is 0 Å². The zero-order valence-electron chi connectivity index (χ0n) is 11.1. The van der Waals surface area contributed by atoms with Gasteiger partial charge in [-0.3, -0.25) is 4.79 Å². The first-order valence-corrected chi connectivity index (χ1v) is 8.78. The van der Waals surface area contributed by atoms with Crippen LogP contribution in [0.1, 0.15) is 28.4 Å². The van der Waals surface area contributed by atoms with Crippen molar-refractivity contribution in [2.75, 3.05) is 5.75 Å². The number of nitrogens with one attached hydrogen (secondary N) is 1. The molecule has 0 fully saturated rings. The molecule has 1 heterocycles. The van der Waals surface area contributed by atoms with Gasteiger partial charge in [0.2, 0.25) is 0 Å². The molecule has 5 heteroatoms. The molecule has 2 nitrogen and oxygen atoms in total. The van der Waals surface area contributed by atoms with E-state index < -0.39 is 0 Å². The van der Waals surface area contributed by atoms with E-state index in [1.165, 1.54) is 10.5 Å². The van der Waals surface area contributed by atoms with Crippen molar-refractivity contribution in [3.8, 4) is 0 Å². The summed E-state index contributed by atoms with van der Waals surface area (Å²) in [7, 11) is 0. The maximum Gasteiger partial charge on any atom is 0.253 e. The van der Waals surface area contributed by atoms with Gasteiger partial charge in [0.25, 0.3) is 5.91 Å². The van der Waals surface area contributed by atoms with Crippen molar-refractivity contribution < 1.29 is 4.79 Å². The van der Waals surface area contributed by atoms with Crippen LogP contribution in [0.4, 0.5) is 0 Å². The molecule has 1 unspecified atom stereocenters. The number of hydrogen-bond acceptors (Lipinski definition) is 2. The molecule has 0 radical (unpaired) electrons. The topological polar surface area (TPSA) is 29.1 Å². The number of carbonyl (C=O) groups excluding carboxylic acids is 1. The Hall–Kier alpha value is -0.970. The normalized spacial score (nSPS) is 17.1. The first kappa shape index (κ1) is 14.9. The second-order valence-corrected chi connectivity index (χ2v) is 7.28. The Morgan fingerprint density at radius 2 is 2.10 bits per heavy atom. The highest BCUT2D eigenvalue weighted by Crippen LogP contribution is 2.36. The summed E-state index contributed by atoms with van der Waals surface area (Å²) in [5.41, 5.74) is 1.69. The molecular weight excluding hydrogens is 370 g/mol. The average molecular weight is 383 g/mol. The standard InChI is InChI=1S/C16H13BrClNOS/c17-10-5-6-13(18)12(9-10)16(20)19-14-7-8-21-15-4-2-1-3-11(14)15/h1-6,9,14H,7-8H2,(H,19,20). The SMILES string of the molecule is O=C(NC1CCSc2ccccc21)c1cc(Br)ccc1Cl. The van der Waals surface area contributed by atoms with Crippen LogP contribution < -0.4 is 5.32 Å². The van der Waals surface area contributed by atoms with Crippen LogP contribution in [-0.4, -0.2) is 11.7 Å². The predicted molar refractivity (Wildman–Crippen MR) is 91.1 cm³/mol. The lowest BCUT2D eigenvalue weighted by Crippen LogP contribution is -2.30. The van der Waals surface area contributed by atoms with E-state index in [9.17, 15) is 4.79 Å². The molecule has 0 saturated heterocycles. The average Bonchev–Trinajstić information content (AvgIpc) is 2.50. The molecule has 2 aromatic rings. The lowest BCUT2D eigenvalue weighted by molar-refractivity contribution is 0.0935. The van der Waals surface area contributed by atoms with Crippen molar-refractivity contribution >= 4 is 45.2 Å². The molecule has 1 atom stereocenters. The third-order valence-electron chi connectivity index (χ3n) is 3.44.